The van der Waals surface area contributed by atoms with E-state index < -0.39 is 23.2 Å². The van der Waals surface area contributed by atoms with Gasteiger partial charge < -0.3 is 24.4 Å². The first-order valence-corrected chi connectivity index (χ1v) is 14.3. The predicted molar refractivity (Wildman–Crippen MR) is 142 cm³/mol. The lowest BCUT2D eigenvalue weighted by Crippen LogP contribution is -2.59. The van der Waals surface area contributed by atoms with E-state index in [1.807, 2.05) is 19.9 Å². The van der Waals surface area contributed by atoms with Gasteiger partial charge in [0.1, 0.15) is 6.10 Å². The molecule has 6 nitrogen and oxygen atoms in total. The van der Waals surface area contributed by atoms with Gasteiger partial charge in [-0.15, -0.1) is 0 Å². The molecule has 1 aliphatic heterocycles. The van der Waals surface area contributed by atoms with Crippen molar-refractivity contribution in [2.24, 2.45) is 45.8 Å². The number of aliphatic hydroxyl groups is 2. The number of carbonyl (C=O) groups is 1. The van der Waals surface area contributed by atoms with Gasteiger partial charge in [-0.1, -0.05) is 45.4 Å². The molecular weight excluding hydrogens is 468 g/mol. The molecule has 0 spiro atoms. The van der Waals surface area contributed by atoms with Crippen molar-refractivity contribution in [3.05, 3.63) is 23.8 Å². The van der Waals surface area contributed by atoms with Gasteiger partial charge in [0.2, 0.25) is 0 Å². The number of hydrogen-bond acceptors (Lipinski definition) is 6. The van der Waals surface area contributed by atoms with Crippen LogP contribution in [-0.2, 0) is 19.0 Å². The summed E-state index contributed by atoms with van der Waals surface area (Å²) in [7, 11) is 3.32. The van der Waals surface area contributed by atoms with Crippen molar-refractivity contribution in [3.8, 4) is 0 Å². The van der Waals surface area contributed by atoms with E-state index in [1.54, 1.807) is 14.2 Å². The Morgan fingerprint density at radius 1 is 1.14 bits per heavy atom. The molecule has 6 heteroatoms. The summed E-state index contributed by atoms with van der Waals surface area (Å²) < 4.78 is 17.7. The molecule has 1 heterocycles. The Morgan fingerprint density at radius 2 is 1.84 bits per heavy atom. The standard InChI is InChI=1S/C31H48O6/c1-28(2)23-16-21(32)25-19-10-9-18(17-15-22(37-27(17)35-7)26(34)29(3,4)36-8)30(19,5)13-11-20(25)31(23,6)14-12-24(28)33/h10,12,14,17-18,20-23,25-27,32,34H,9,11,13,15-16H2,1-8H3/t17-,18-,20-,21+,22+,23-,25-,26+,27+,30-,31+/m0/s1. The Kier molecular flexibility index (Phi) is 6.68. The normalized spacial score (nSPS) is 47.7. The Balaban J connectivity index is 1.42. The number of methoxy groups -OCH3 is 2. The molecule has 0 amide bonds. The van der Waals surface area contributed by atoms with Crippen molar-refractivity contribution in [1.29, 1.82) is 0 Å². The fraction of sp³-hybridized carbons (Fsp3) is 0.839. The molecule has 2 saturated carbocycles. The molecule has 5 rings (SSSR count). The van der Waals surface area contributed by atoms with Crippen LogP contribution < -0.4 is 0 Å². The summed E-state index contributed by atoms with van der Waals surface area (Å²) in [4.78, 5) is 12.8. The Labute approximate surface area is 222 Å². The highest BCUT2D eigenvalue weighted by atomic mass is 16.7. The molecule has 0 aromatic heterocycles. The molecular formula is C31H48O6. The molecule has 3 fully saturated rings. The summed E-state index contributed by atoms with van der Waals surface area (Å²) in [6, 6.07) is 0. The highest BCUT2D eigenvalue weighted by Gasteiger charge is 2.64. The van der Waals surface area contributed by atoms with E-state index in [1.165, 1.54) is 5.57 Å². The van der Waals surface area contributed by atoms with Crippen molar-refractivity contribution < 1.29 is 29.2 Å². The second-order valence-corrected chi connectivity index (χ2v) is 14.2. The van der Waals surface area contributed by atoms with Crippen LogP contribution in [0.1, 0.15) is 73.6 Å². The first-order valence-electron chi connectivity index (χ1n) is 14.3. The van der Waals surface area contributed by atoms with Crippen LogP contribution in [0.3, 0.4) is 0 Å². The number of aliphatic hydroxyl groups excluding tert-OH is 2. The highest BCUT2D eigenvalue weighted by Crippen LogP contribution is 2.68. The zero-order valence-electron chi connectivity index (χ0n) is 24.0. The molecule has 4 aliphatic carbocycles. The number of rotatable bonds is 5. The van der Waals surface area contributed by atoms with Gasteiger partial charge in [-0.2, -0.15) is 0 Å². The topological polar surface area (TPSA) is 85.2 Å². The van der Waals surface area contributed by atoms with Crippen LogP contribution in [0, 0.1) is 45.8 Å². The fourth-order valence-electron chi connectivity index (χ4n) is 9.40. The number of carbonyl (C=O) groups excluding carboxylic acids is 1. The lowest BCUT2D eigenvalue weighted by Gasteiger charge is -2.61. The molecule has 0 bridgehead atoms. The van der Waals surface area contributed by atoms with Gasteiger partial charge in [-0.25, -0.2) is 0 Å². The highest BCUT2D eigenvalue weighted by molar-refractivity contribution is 5.95. The second-order valence-electron chi connectivity index (χ2n) is 14.2. The largest absolute Gasteiger partial charge is 0.392 e. The van der Waals surface area contributed by atoms with Gasteiger partial charge in [0.05, 0.1) is 17.8 Å². The lowest BCUT2D eigenvalue weighted by molar-refractivity contribution is -0.188. The third kappa shape index (κ3) is 3.88. The van der Waals surface area contributed by atoms with Gasteiger partial charge in [0.25, 0.3) is 0 Å². The minimum Gasteiger partial charge on any atom is -0.392 e. The van der Waals surface area contributed by atoms with Crippen molar-refractivity contribution >= 4 is 5.78 Å². The Hall–Kier alpha value is -1.05. The average molecular weight is 517 g/mol. The molecule has 5 aliphatic rings. The van der Waals surface area contributed by atoms with Crippen LogP contribution in [0.25, 0.3) is 0 Å². The maximum Gasteiger partial charge on any atom is 0.161 e. The molecule has 1 saturated heterocycles. The molecule has 0 aromatic carbocycles. The monoisotopic (exact) mass is 516 g/mol. The van der Waals surface area contributed by atoms with E-state index >= 15 is 0 Å². The smallest absolute Gasteiger partial charge is 0.161 e. The van der Waals surface area contributed by atoms with Gasteiger partial charge in [0.15, 0.2) is 12.1 Å². The maximum atomic E-state index is 12.8. The van der Waals surface area contributed by atoms with Crippen molar-refractivity contribution in [2.45, 2.75) is 104 Å². The maximum absolute atomic E-state index is 12.8. The zero-order valence-corrected chi connectivity index (χ0v) is 24.0. The fourth-order valence-corrected chi connectivity index (χ4v) is 9.40. The quantitative estimate of drug-likeness (QED) is 0.516. The van der Waals surface area contributed by atoms with Crippen LogP contribution in [0.5, 0.6) is 0 Å². The van der Waals surface area contributed by atoms with Crippen molar-refractivity contribution in [1.82, 2.24) is 0 Å². The van der Waals surface area contributed by atoms with Gasteiger partial charge >= 0.3 is 0 Å². The van der Waals surface area contributed by atoms with Crippen LogP contribution >= 0.6 is 0 Å². The number of hydrogen-bond donors (Lipinski definition) is 2. The number of allylic oxidation sites excluding steroid dienone is 3. The van der Waals surface area contributed by atoms with E-state index in [4.69, 9.17) is 14.2 Å². The number of ketones is 1. The summed E-state index contributed by atoms with van der Waals surface area (Å²) in [5, 5.41) is 22.7. The Bertz CT molecular complexity index is 982. The second kappa shape index (κ2) is 8.99. The van der Waals surface area contributed by atoms with E-state index in [0.29, 0.717) is 18.3 Å². The minimum atomic E-state index is -0.751. The summed E-state index contributed by atoms with van der Waals surface area (Å²) in [5.41, 5.74) is 0.0892. The summed E-state index contributed by atoms with van der Waals surface area (Å²) in [6.45, 7) is 12.6. The van der Waals surface area contributed by atoms with Crippen LogP contribution in [0.4, 0.5) is 0 Å². The number of fused-ring (bicyclic) bond motifs is 5. The van der Waals surface area contributed by atoms with E-state index in [9.17, 15) is 15.0 Å². The first-order chi connectivity index (χ1) is 17.2. The van der Waals surface area contributed by atoms with E-state index in [2.05, 4.69) is 39.8 Å². The molecule has 0 radical (unpaired) electrons. The summed E-state index contributed by atoms with van der Waals surface area (Å²) in [6.07, 6.45) is 8.89. The Morgan fingerprint density at radius 3 is 2.49 bits per heavy atom. The third-order valence-electron chi connectivity index (χ3n) is 11.9. The van der Waals surface area contributed by atoms with Crippen LogP contribution in [-0.4, -0.2) is 60.4 Å². The number of ether oxygens (including phenoxy) is 3. The van der Waals surface area contributed by atoms with Gasteiger partial charge in [-0.3, -0.25) is 4.79 Å². The first kappa shape index (κ1) is 27.5. The van der Waals surface area contributed by atoms with Crippen molar-refractivity contribution in [2.75, 3.05) is 14.2 Å². The van der Waals surface area contributed by atoms with E-state index in [-0.39, 0.29) is 46.8 Å². The van der Waals surface area contributed by atoms with Crippen LogP contribution in [0.15, 0.2) is 23.8 Å². The van der Waals surface area contributed by atoms with Crippen LogP contribution in [0.2, 0.25) is 0 Å². The SMILES string of the molecule is CO[C@@H]1O[C@@H]([C@@H](O)C(C)(C)OC)C[C@H]1[C@@H]1CC=C2[C@@H]3[C@H](O)C[C@H]4C(C)(C)C(=O)C=C[C@]4(C)[C@H]3CC[C@]21C. The minimum absolute atomic E-state index is 0.0452. The molecule has 0 unspecified atom stereocenters. The van der Waals surface area contributed by atoms with Gasteiger partial charge in [-0.05, 0) is 80.6 Å². The molecule has 2 N–H and O–H groups in total. The van der Waals surface area contributed by atoms with Gasteiger partial charge in [0, 0.05) is 31.5 Å². The predicted octanol–water partition coefficient (Wildman–Crippen LogP) is 4.68. The summed E-state index contributed by atoms with van der Waals surface area (Å²) in [5.74, 6) is 1.23. The van der Waals surface area contributed by atoms with Crippen molar-refractivity contribution in [3.63, 3.8) is 0 Å². The molecule has 0 aromatic rings. The average Bonchev–Trinajstić information content (AvgIpc) is 3.43. The third-order valence-corrected chi connectivity index (χ3v) is 11.9. The zero-order chi connectivity index (χ0) is 27.1. The summed E-state index contributed by atoms with van der Waals surface area (Å²) >= 11 is 0. The molecule has 208 valence electrons. The lowest BCUT2D eigenvalue weighted by atomic mass is 9.43. The molecule has 11 atom stereocenters. The van der Waals surface area contributed by atoms with E-state index in [0.717, 1.165) is 25.7 Å². The molecule has 37 heavy (non-hydrogen) atoms.